The fourth-order valence-electron chi connectivity index (χ4n) is 2.11. The number of rotatable bonds is 1. The molecule has 0 bridgehead atoms. The first-order chi connectivity index (χ1) is 8.15. The lowest BCUT2D eigenvalue weighted by molar-refractivity contribution is 0.969. The molecule has 86 valence electrons. The molecular weight excluding hydrogens is 230 g/mol. The fraction of sp³-hybridized carbons (Fsp3) is 0.154. The first-order valence-corrected chi connectivity index (χ1v) is 6.30. The zero-order chi connectivity index (χ0) is 12.0. The van der Waals surface area contributed by atoms with Crippen LogP contribution in [0.15, 0.2) is 29.8 Å². The number of nitrogens with two attached hydrogens (primary N) is 1. The lowest BCUT2D eigenvalue weighted by atomic mass is 10.1. The van der Waals surface area contributed by atoms with Crippen molar-refractivity contribution in [3.63, 3.8) is 0 Å². The van der Waals surface area contributed by atoms with E-state index in [0.717, 1.165) is 11.3 Å². The smallest absolute Gasteiger partial charge is 0.180 e. The molecule has 0 saturated heterocycles. The monoisotopic (exact) mass is 243 g/mol. The van der Waals surface area contributed by atoms with Gasteiger partial charge in [-0.2, -0.15) is 0 Å². The number of benzene rings is 1. The quantitative estimate of drug-likeness (QED) is 0.713. The van der Waals surface area contributed by atoms with Crippen LogP contribution in [-0.2, 0) is 7.05 Å². The van der Waals surface area contributed by atoms with E-state index in [0.29, 0.717) is 5.13 Å². The summed E-state index contributed by atoms with van der Waals surface area (Å²) in [7, 11) is 2.06. The van der Waals surface area contributed by atoms with Gasteiger partial charge in [-0.25, -0.2) is 4.98 Å². The van der Waals surface area contributed by atoms with Gasteiger partial charge in [-0.05, 0) is 18.6 Å². The van der Waals surface area contributed by atoms with Crippen molar-refractivity contribution in [1.82, 2.24) is 9.55 Å². The van der Waals surface area contributed by atoms with Gasteiger partial charge in [0, 0.05) is 35.1 Å². The van der Waals surface area contributed by atoms with Crippen LogP contribution in [0.25, 0.3) is 22.2 Å². The Morgan fingerprint density at radius 1 is 1.35 bits per heavy atom. The number of hydrogen-bond donors (Lipinski definition) is 1. The largest absolute Gasteiger partial charge is 0.375 e. The molecule has 0 fully saturated rings. The Balaban J connectivity index is 2.31. The summed E-state index contributed by atoms with van der Waals surface area (Å²) >= 11 is 1.48. The van der Waals surface area contributed by atoms with E-state index in [1.54, 1.807) is 0 Å². The van der Waals surface area contributed by atoms with Crippen LogP contribution in [0.3, 0.4) is 0 Å². The van der Waals surface area contributed by atoms with Gasteiger partial charge in [0.05, 0.1) is 5.69 Å². The highest BCUT2D eigenvalue weighted by molar-refractivity contribution is 7.13. The van der Waals surface area contributed by atoms with Gasteiger partial charge in [0.2, 0.25) is 0 Å². The standard InChI is InChI=1S/C13H13N3S/c1-8-3-4-9-10(6-16(2)12(9)5-8)11-7-17-13(14)15-11/h3-7H,1-2H3,(H2,14,15). The molecule has 3 rings (SSSR count). The van der Waals surface area contributed by atoms with Crippen LogP contribution in [0.1, 0.15) is 5.56 Å². The second kappa shape index (κ2) is 3.60. The molecule has 0 aliphatic heterocycles. The molecule has 0 radical (unpaired) electrons. The van der Waals surface area contributed by atoms with Gasteiger partial charge in [-0.15, -0.1) is 11.3 Å². The molecule has 0 atom stereocenters. The minimum absolute atomic E-state index is 0.615. The highest BCUT2D eigenvalue weighted by Crippen LogP contribution is 2.31. The Kier molecular flexibility index (Phi) is 2.19. The number of hydrogen-bond acceptors (Lipinski definition) is 3. The third-order valence-corrected chi connectivity index (χ3v) is 3.62. The van der Waals surface area contributed by atoms with E-state index in [1.807, 2.05) is 5.38 Å². The van der Waals surface area contributed by atoms with Crippen molar-refractivity contribution in [2.75, 3.05) is 5.73 Å². The highest BCUT2D eigenvalue weighted by atomic mass is 32.1. The van der Waals surface area contributed by atoms with Crippen molar-refractivity contribution in [2.45, 2.75) is 6.92 Å². The molecule has 0 spiro atoms. The number of aryl methyl sites for hydroxylation is 2. The Morgan fingerprint density at radius 2 is 2.18 bits per heavy atom. The second-order valence-electron chi connectivity index (χ2n) is 4.25. The topological polar surface area (TPSA) is 43.8 Å². The molecule has 17 heavy (non-hydrogen) atoms. The van der Waals surface area contributed by atoms with Crippen LogP contribution >= 0.6 is 11.3 Å². The number of nitrogen functional groups attached to an aromatic ring is 1. The van der Waals surface area contributed by atoms with Gasteiger partial charge in [-0.3, -0.25) is 0 Å². The van der Waals surface area contributed by atoms with Gasteiger partial charge in [0.15, 0.2) is 5.13 Å². The molecule has 2 heterocycles. The van der Waals surface area contributed by atoms with Crippen LogP contribution in [-0.4, -0.2) is 9.55 Å². The summed E-state index contributed by atoms with van der Waals surface area (Å²) in [6.07, 6.45) is 2.11. The third-order valence-electron chi connectivity index (χ3n) is 2.94. The fourth-order valence-corrected chi connectivity index (χ4v) is 2.67. The highest BCUT2D eigenvalue weighted by Gasteiger charge is 2.10. The number of fused-ring (bicyclic) bond motifs is 1. The molecule has 3 aromatic rings. The van der Waals surface area contributed by atoms with Crippen LogP contribution < -0.4 is 5.73 Å². The predicted molar refractivity (Wildman–Crippen MR) is 73.2 cm³/mol. The molecule has 0 amide bonds. The normalized spacial score (nSPS) is 11.2. The summed E-state index contributed by atoms with van der Waals surface area (Å²) < 4.78 is 2.13. The van der Waals surface area contributed by atoms with Crippen molar-refractivity contribution in [3.05, 3.63) is 35.3 Å². The SMILES string of the molecule is Cc1ccc2c(-c3csc(N)n3)cn(C)c2c1. The van der Waals surface area contributed by atoms with Gasteiger partial charge in [0.1, 0.15) is 0 Å². The van der Waals surface area contributed by atoms with E-state index in [2.05, 4.69) is 47.9 Å². The van der Waals surface area contributed by atoms with E-state index >= 15 is 0 Å². The molecule has 0 aliphatic rings. The number of nitrogens with zero attached hydrogens (tertiary/aromatic N) is 2. The summed E-state index contributed by atoms with van der Waals surface area (Å²) in [5.74, 6) is 0. The van der Waals surface area contributed by atoms with E-state index in [4.69, 9.17) is 5.73 Å². The zero-order valence-corrected chi connectivity index (χ0v) is 10.6. The van der Waals surface area contributed by atoms with Gasteiger partial charge >= 0.3 is 0 Å². The minimum atomic E-state index is 0.615. The third kappa shape index (κ3) is 1.61. The van der Waals surface area contributed by atoms with Gasteiger partial charge < -0.3 is 10.3 Å². The van der Waals surface area contributed by atoms with Crippen LogP contribution in [0.2, 0.25) is 0 Å². The maximum absolute atomic E-state index is 5.69. The Hall–Kier alpha value is -1.81. The van der Waals surface area contributed by atoms with Crippen molar-refractivity contribution >= 4 is 27.4 Å². The van der Waals surface area contributed by atoms with E-state index < -0.39 is 0 Å². The van der Waals surface area contributed by atoms with E-state index in [-0.39, 0.29) is 0 Å². The van der Waals surface area contributed by atoms with E-state index in [1.165, 1.54) is 27.8 Å². The Bertz CT molecular complexity index is 694. The molecule has 2 N–H and O–H groups in total. The predicted octanol–water partition coefficient (Wildman–Crippen LogP) is 3.19. The average molecular weight is 243 g/mol. The lowest BCUT2D eigenvalue weighted by Gasteiger charge is -1.97. The molecule has 0 aliphatic carbocycles. The molecule has 3 nitrogen and oxygen atoms in total. The zero-order valence-electron chi connectivity index (χ0n) is 9.77. The maximum Gasteiger partial charge on any atom is 0.180 e. The second-order valence-corrected chi connectivity index (χ2v) is 5.13. The first-order valence-electron chi connectivity index (χ1n) is 5.42. The van der Waals surface area contributed by atoms with Crippen molar-refractivity contribution in [3.8, 4) is 11.3 Å². The summed E-state index contributed by atoms with van der Waals surface area (Å²) in [5.41, 5.74) is 10.3. The molecule has 0 unspecified atom stereocenters. The van der Waals surface area contributed by atoms with Crippen molar-refractivity contribution < 1.29 is 0 Å². The molecule has 2 aromatic heterocycles. The van der Waals surface area contributed by atoms with Gasteiger partial charge in [0.25, 0.3) is 0 Å². The number of thiazole rings is 1. The summed E-state index contributed by atoms with van der Waals surface area (Å²) in [4.78, 5) is 4.35. The number of anilines is 1. The van der Waals surface area contributed by atoms with E-state index in [9.17, 15) is 0 Å². The van der Waals surface area contributed by atoms with Crippen LogP contribution in [0.5, 0.6) is 0 Å². The van der Waals surface area contributed by atoms with Gasteiger partial charge in [-0.1, -0.05) is 12.1 Å². The Labute approximate surface area is 104 Å². The summed E-state index contributed by atoms with van der Waals surface area (Å²) in [5, 5.41) is 3.84. The Morgan fingerprint density at radius 3 is 2.88 bits per heavy atom. The first kappa shape index (κ1) is 10.4. The molecule has 0 saturated carbocycles. The van der Waals surface area contributed by atoms with Crippen molar-refractivity contribution in [1.29, 1.82) is 0 Å². The number of aromatic nitrogens is 2. The lowest BCUT2D eigenvalue weighted by Crippen LogP contribution is -1.83. The molecule has 1 aromatic carbocycles. The molecular formula is C13H13N3S. The summed E-state index contributed by atoms with van der Waals surface area (Å²) in [6, 6.07) is 6.46. The summed E-state index contributed by atoms with van der Waals surface area (Å²) in [6.45, 7) is 2.10. The molecule has 4 heteroatoms. The average Bonchev–Trinajstić information content (AvgIpc) is 2.84. The van der Waals surface area contributed by atoms with Crippen molar-refractivity contribution in [2.24, 2.45) is 7.05 Å². The van der Waals surface area contributed by atoms with Crippen LogP contribution in [0.4, 0.5) is 5.13 Å². The maximum atomic E-state index is 5.69. The minimum Gasteiger partial charge on any atom is -0.375 e. The van der Waals surface area contributed by atoms with Crippen LogP contribution in [0, 0.1) is 6.92 Å².